The number of hydrogen-bond donors (Lipinski definition) is 1. The molecule has 3 amide bonds. The van der Waals surface area contributed by atoms with Gasteiger partial charge in [0.1, 0.15) is 5.51 Å². The van der Waals surface area contributed by atoms with Crippen LogP contribution in [0.5, 0.6) is 0 Å². The average Bonchev–Trinajstić information content (AvgIpc) is 3.47. The van der Waals surface area contributed by atoms with Gasteiger partial charge in [-0.25, -0.2) is 0 Å². The lowest BCUT2D eigenvalue weighted by Gasteiger charge is -2.29. The van der Waals surface area contributed by atoms with Gasteiger partial charge in [-0.05, 0) is 36.3 Å². The number of nitrogens with zero attached hydrogens (tertiary/aromatic N) is 3. The van der Waals surface area contributed by atoms with E-state index in [4.69, 9.17) is 0 Å². The number of likely N-dealkylation sites (tertiary alicyclic amines) is 1. The maximum absolute atomic E-state index is 13.3. The van der Waals surface area contributed by atoms with Gasteiger partial charge in [-0.2, -0.15) is 0 Å². The highest BCUT2D eigenvalue weighted by Gasteiger charge is 2.60. The summed E-state index contributed by atoms with van der Waals surface area (Å²) in [5.41, 5.74) is 3.30. The maximum atomic E-state index is 13.3. The summed E-state index contributed by atoms with van der Waals surface area (Å²) in [7, 11) is 0. The Labute approximate surface area is 171 Å². The summed E-state index contributed by atoms with van der Waals surface area (Å²) in [6.45, 7) is 1.93. The average molecular weight is 408 g/mol. The highest BCUT2D eigenvalue weighted by atomic mass is 32.1. The molecule has 148 valence electrons. The predicted molar refractivity (Wildman–Crippen MR) is 107 cm³/mol. The first-order chi connectivity index (χ1) is 14.0. The third kappa shape index (κ3) is 2.90. The van der Waals surface area contributed by atoms with Crippen LogP contribution in [-0.4, -0.2) is 32.8 Å². The molecule has 1 aromatic carbocycles. The molecule has 2 aromatic rings. The summed E-state index contributed by atoms with van der Waals surface area (Å²) in [5.74, 6) is -0.875. The van der Waals surface area contributed by atoms with E-state index in [1.807, 2.05) is 31.2 Å². The second-order valence-corrected chi connectivity index (χ2v) is 8.75. The summed E-state index contributed by atoms with van der Waals surface area (Å²) in [5, 5.41) is 10.7. The van der Waals surface area contributed by atoms with Gasteiger partial charge in [-0.1, -0.05) is 47.8 Å². The van der Waals surface area contributed by atoms with Crippen LogP contribution in [0.1, 0.15) is 30.0 Å². The minimum absolute atomic E-state index is 0.00981. The Morgan fingerprint density at radius 3 is 2.52 bits per heavy atom. The number of nitrogens with one attached hydrogen (secondary N) is 1. The lowest BCUT2D eigenvalue weighted by Crippen LogP contribution is -2.38. The predicted octanol–water partition coefficient (Wildman–Crippen LogP) is 2.72. The summed E-state index contributed by atoms with van der Waals surface area (Å²) in [6.07, 6.45) is 5.02. The molecule has 5 rings (SSSR count). The molecule has 8 heteroatoms. The Balaban J connectivity index is 1.48. The van der Waals surface area contributed by atoms with Gasteiger partial charge in [0.25, 0.3) is 0 Å². The number of aromatic nitrogens is 2. The molecule has 29 heavy (non-hydrogen) atoms. The van der Waals surface area contributed by atoms with Crippen molar-refractivity contribution in [3.05, 3.63) is 53.1 Å². The van der Waals surface area contributed by atoms with E-state index in [2.05, 4.69) is 27.7 Å². The fraction of sp³-hybridized carbons (Fsp3) is 0.381. The van der Waals surface area contributed by atoms with Crippen LogP contribution in [0.3, 0.4) is 0 Å². The van der Waals surface area contributed by atoms with Gasteiger partial charge in [0.15, 0.2) is 0 Å². The molecule has 1 aliphatic heterocycles. The summed E-state index contributed by atoms with van der Waals surface area (Å²) in [6, 6.07) is 6.97. The van der Waals surface area contributed by atoms with E-state index in [9.17, 15) is 14.4 Å². The van der Waals surface area contributed by atoms with Crippen molar-refractivity contribution in [3.8, 4) is 0 Å². The van der Waals surface area contributed by atoms with Crippen LogP contribution in [0.15, 0.2) is 41.9 Å². The normalized spacial score (nSPS) is 28.1. The number of hydrogen-bond acceptors (Lipinski definition) is 6. The van der Waals surface area contributed by atoms with Crippen molar-refractivity contribution >= 4 is 34.2 Å². The zero-order valence-corrected chi connectivity index (χ0v) is 16.6. The number of amides is 3. The fourth-order valence-electron chi connectivity index (χ4n) is 5.11. The van der Waals surface area contributed by atoms with Crippen LogP contribution >= 0.6 is 11.3 Å². The van der Waals surface area contributed by atoms with Gasteiger partial charge in [0.05, 0.1) is 24.3 Å². The Hall–Kier alpha value is -2.87. The van der Waals surface area contributed by atoms with Crippen LogP contribution < -0.4 is 5.32 Å². The van der Waals surface area contributed by atoms with Crippen LogP contribution in [0.25, 0.3) is 0 Å². The van der Waals surface area contributed by atoms with Crippen LogP contribution in [0.4, 0.5) is 5.13 Å². The first-order valence-corrected chi connectivity index (χ1v) is 10.6. The van der Waals surface area contributed by atoms with Gasteiger partial charge in [0, 0.05) is 0 Å². The van der Waals surface area contributed by atoms with E-state index in [0.717, 1.165) is 17.5 Å². The molecule has 3 aliphatic rings. The maximum Gasteiger partial charge on any atom is 0.234 e. The second-order valence-electron chi connectivity index (χ2n) is 7.91. The first kappa shape index (κ1) is 18.2. The number of carbonyl (C=O) groups excluding carboxylic acids is 3. The van der Waals surface area contributed by atoms with E-state index < -0.39 is 6.04 Å². The number of anilines is 1. The lowest BCUT2D eigenvalue weighted by atomic mass is 9.85. The molecular formula is C21H20N4O3S. The van der Waals surface area contributed by atoms with Crippen LogP contribution in [0, 0.1) is 30.6 Å². The SMILES string of the molecule is Cc1ccccc1C(CC(=O)Nc1nncs1)N1C(=O)C2C3C=CC(C3)C2C1=O. The molecule has 0 radical (unpaired) electrons. The Morgan fingerprint density at radius 1 is 1.21 bits per heavy atom. The minimum atomic E-state index is -0.630. The molecule has 1 aromatic heterocycles. The molecule has 1 saturated carbocycles. The van der Waals surface area contributed by atoms with Crippen molar-refractivity contribution in [1.82, 2.24) is 15.1 Å². The van der Waals surface area contributed by atoms with Crippen molar-refractivity contribution in [2.24, 2.45) is 23.7 Å². The highest BCUT2D eigenvalue weighted by molar-refractivity contribution is 7.13. The van der Waals surface area contributed by atoms with Crippen molar-refractivity contribution < 1.29 is 14.4 Å². The van der Waals surface area contributed by atoms with Crippen molar-refractivity contribution in [2.75, 3.05) is 5.32 Å². The third-order valence-corrected chi connectivity index (χ3v) is 6.96. The first-order valence-electron chi connectivity index (χ1n) is 9.71. The molecule has 7 nitrogen and oxygen atoms in total. The van der Waals surface area contributed by atoms with Crippen molar-refractivity contribution in [3.63, 3.8) is 0 Å². The second kappa shape index (κ2) is 6.88. The number of rotatable bonds is 5. The smallest absolute Gasteiger partial charge is 0.234 e. The summed E-state index contributed by atoms with van der Waals surface area (Å²) >= 11 is 1.22. The summed E-state index contributed by atoms with van der Waals surface area (Å²) in [4.78, 5) is 40.8. The van der Waals surface area contributed by atoms with Gasteiger partial charge in [-0.15, -0.1) is 10.2 Å². The number of imide groups is 1. The van der Waals surface area contributed by atoms with E-state index in [0.29, 0.717) is 5.13 Å². The Bertz CT molecular complexity index is 989. The number of aryl methyl sites for hydroxylation is 1. The molecule has 2 heterocycles. The fourth-order valence-corrected chi connectivity index (χ4v) is 5.57. The molecule has 2 aliphatic carbocycles. The molecule has 1 saturated heterocycles. The molecule has 5 atom stereocenters. The molecule has 0 spiro atoms. The largest absolute Gasteiger partial charge is 0.300 e. The molecule has 2 bridgehead atoms. The molecule has 2 fully saturated rings. The third-order valence-electron chi connectivity index (χ3n) is 6.35. The number of carbonyl (C=O) groups is 3. The monoisotopic (exact) mass is 408 g/mol. The Kier molecular flexibility index (Phi) is 4.31. The Morgan fingerprint density at radius 2 is 1.90 bits per heavy atom. The number of allylic oxidation sites excluding steroid dienone is 2. The van der Waals surface area contributed by atoms with E-state index in [-0.39, 0.29) is 47.8 Å². The minimum Gasteiger partial charge on any atom is -0.300 e. The van der Waals surface area contributed by atoms with Gasteiger partial charge >= 0.3 is 0 Å². The van der Waals surface area contributed by atoms with Crippen molar-refractivity contribution in [1.29, 1.82) is 0 Å². The van der Waals surface area contributed by atoms with Gasteiger partial charge < -0.3 is 5.32 Å². The van der Waals surface area contributed by atoms with E-state index in [1.165, 1.54) is 21.7 Å². The number of benzene rings is 1. The van der Waals surface area contributed by atoms with Crippen molar-refractivity contribution in [2.45, 2.75) is 25.8 Å². The molecule has 5 unspecified atom stereocenters. The zero-order valence-electron chi connectivity index (χ0n) is 15.8. The number of fused-ring (bicyclic) bond motifs is 5. The van der Waals surface area contributed by atoms with E-state index in [1.54, 1.807) is 0 Å². The standard InChI is InChI=1S/C21H20N4O3S/c1-11-4-2-3-5-14(11)15(9-16(26)23-21-24-22-10-29-21)25-19(27)17-12-6-7-13(8-12)18(17)20(25)28/h2-7,10,12-13,15,17-18H,8-9H2,1H3,(H,23,24,26). The van der Waals surface area contributed by atoms with Crippen LogP contribution in [0.2, 0.25) is 0 Å². The van der Waals surface area contributed by atoms with E-state index >= 15 is 0 Å². The van der Waals surface area contributed by atoms with Gasteiger partial charge in [0.2, 0.25) is 22.9 Å². The lowest BCUT2D eigenvalue weighted by molar-refractivity contribution is -0.144. The highest BCUT2D eigenvalue weighted by Crippen LogP contribution is 2.54. The molecular weight excluding hydrogens is 388 g/mol. The topological polar surface area (TPSA) is 92.3 Å². The quantitative estimate of drug-likeness (QED) is 0.607. The van der Waals surface area contributed by atoms with Gasteiger partial charge in [-0.3, -0.25) is 19.3 Å². The molecule has 1 N–H and O–H groups in total. The zero-order chi connectivity index (χ0) is 20.1. The van der Waals surface area contributed by atoms with Crippen LogP contribution in [-0.2, 0) is 14.4 Å². The summed E-state index contributed by atoms with van der Waals surface area (Å²) < 4.78 is 0.